The van der Waals surface area contributed by atoms with Gasteiger partial charge in [0.15, 0.2) is 20.9 Å². The van der Waals surface area contributed by atoms with Gasteiger partial charge < -0.3 is 14.0 Å². The molecule has 8 nitrogen and oxygen atoms in total. The van der Waals surface area contributed by atoms with Gasteiger partial charge in [-0.2, -0.15) is 0 Å². The van der Waals surface area contributed by atoms with E-state index in [9.17, 15) is 22.2 Å². The van der Waals surface area contributed by atoms with Crippen LogP contribution in [-0.4, -0.2) is 48.6 Å². The minimum absolute atomic E-state index is 0.119. The zero-order valence-corrected chi connectivity index (χ0v) is 17.8. The molecule has 0 fully saturated rings. The van der Waals surface area contributed by atoms with Crippen molar-refractivity contribution in [2.75, 3.05) is 19.5 Å². The molecule has 0 saturated heterocycles. The molecular weight excluding hydrogens is 420 g/mol. The Kier molecular flexibility index (Phi) is 9.66. The lowest BCUT2D eigenvalue weighted by molar-refractivity contribution is 0.0516. The molecule has 0 spiro atoms. The molecule has 0 aromatic heterocycles. The van der Waals surface area contributed by atoms with Gasteiger partial charge in [0.25, 0.3) is 0 Å². The third-order valence-electron chi connectivity index (χ3n) is 3.32. The molecule has 2 aromatic rings. The molecular formula is C19H22O8S2. The molecule has 0 radical (unpaired) electrons. The van der Waals surface area contributed by atoms with Crippen molar-refractivity contribution < 1.29 is 36.2 Å². The summed E-state index contributed by atoms with van der Waals surface area (Å²) in [6, 6.07) is 11.7. The van der Waals surface area contributed by atoms with E-state index in [1.165, 1.54) is 48.5 Å². The highest BCUT2D eigenvalue weighted by molar-refractivity contribution is 7.90. The van der Waals surface area contributed by atoms with E-state index in [0.29, 0.717) is 0 Å². The van der Waals surface area contributed by atoms with E-state index in [2.05, 4.69) is 0 Å². The molecule has 0 amide bonds. The smallest absolute Gasteiger partial charge is 0.338 e. The summed E-state index contributed by atoms with van der Waals surface area (Å²) in [5, 5.41) is 0. The molecule has 10 heteroatoms. The maximum absolute atomic E-state index is 11.3. The zero-order valence-electron chi connectivity index (χ0n) is 16.2. The van der Waals surface area contributed by atoms with Crippen molar-refractivity contribution in [1.29, 1.82) is 0 Å². The summed E-state index contributed by atoms with van der Waals surface area (Å²) >= 11 is -2.07. The average molecular weight is 443 g/mol. The second-order valence-electron chi connectivity index (χ2n) is 5.52. The van der Waals surface area contributed by atoms with E-state index >= 15 is 0 Å². The Balaban J connectivity index is 0.000000291. The minimum Gasteiger partial charge on any atom is -0.462 e. The van der Waals surface area contributed by atoms with Crippen molar-refractivity contribution in [1.82, 2.24) is 0 Å². The lowest BCUT2D eigenvalue weighted by Gasteiger charge is -2.03. The first-order chi connectivity index (χ1) is 13.6. The van der Waals surface area contributed by atoms with Crippen molar-refractivity contribution in [3.05, 3.63) is 59.7 Å². The maximum Gasteiger partial charge on any atom is 0.338 e. The van der Waals surface area contributed by atoms with Crippen LogP contribution in [0.3, 0.4) is 0 Å². The average Bonchev–Trinajstić information content (AvgIpc) is 2.68. The molecule has 0 heterocycles. The Bertz CT molecular complexity index is 983. The molecule has 0 aliphatic carbocycles. The van der Waals surface area contributed by atoms with Crippen LogP contribution >= 0.6 is 0 Å². The number of benzene rings is 2. The number of carbonyl (C=O) groups excluding carboxylic acids is 2. The van der Waals surface area contributed by atoms with Gasteiger partial charge in [-0.25, -0.2) is 22.2 Å². The van der Waals surface area contributed by atoms with Crippen LogP contribution in [0.25, 0.3) is 0 Å². The van der Waals surface area contributed by atoms with Gasteiger partial charge in [-0.05, 0) is 50.2 Å². The Morgan fingerprint density at radius 3 is 1.86 bits per heavy atom. The summed E-state index contributed by atoms with van der Waals surface area (Å²) in [6.45, 7) is 3.94. The van der Waals surface area contributed by atoms with E-state index in [4.69, 9.17) is 14.0 Å². The minimum atomic E-state index is -3.28. The van der Waals surface area contributed by atoms with Crippen LogP contribution < -0.4 is 0 Å². The molecule has 1 unspecified atom stereocenters. The Hall–Kier alpha value is -2.56. The fourth-order valence-electron chi connectivity index (χ4n) is 2.01. The van der Waals surface area contributed by atoms with Crippen LogP contribution in [0.4, 0.5) is 0 Å². The van der Waals surface area contributed by atoms with Gasteiger partial charge in [0.1, 0.15) is 0 Å². The summed E-state index contributed by atoms with van der Waals surface area (Å²) < 4.78 is 51.4. The molecule has 2 aromatic carbocycles. The second-order valence-corrected chi connectivity index (χ2v) is 8.50. The fraction of sp³-hybridized carbons (Fsp3) is 0.263. The van der Waals surface area contributed by atoms with Crippen LogP contribution in [0.5, 0.6) is 0 Å². The zero-order chi connectivity index (χ0) is 22.0. The van der Waals surface area contributed by atoms with E-state index in [0.717, 1.165) is 6.26 Å². The first-order valence-electron chi connectivity index (χ1n) is 8.45. The van der Waals surface area contributed by atoms with Crippen LogP contribution in [0.2, 0.25) is 0 Å². The van der Waals surface area contributed by atoms with Crippen LogP contribution in [0, 0.1) is 0 Å². The number of rotatable bonds is 6. The highest BCUT2D eigenvalue weighted by atomic mass is 32.2. The first kappa shape index (κ1) is 24.5. The van der Waals surface area contributed by atoms with E-state index < -0.39 is 32.9 Å². The van der Waals surface area contributed by atoms with E-state index in [1.54, 1.807) is 13.8 Å². The molecule has 0 saturated carbocycles. The van der Waals surface area contributed by atoms with Crippen molar-refractivity contribution in [3.63, 3.8) is 0 Å². The van der Waals surface area contributed by atoms with Crippen molar-refractivity contribution in [2.24, 2.45) is 0 Å². The lowest BCUT2D eigenvalue weighted by atomic mass is 10.2. The first-order valence-corrected chi connectivity index (χ1v) is 11.4. The monoisotopic (exact) mass is 442 g/mol. The molecule has 1 atom stereocenters. The van der Waals surface area contributed by atoms with Gasteiger partial charge in [0.2, 0.25) is 0 Å². The van der Waals surface area contributed by atoms with E-state index in [1.807, 2.05) is 0 Å². The quantitative estimate of drug-likeness (QED) is 0.535. The third kappa shape index (κ3) is 8.14. The molecule has 2 rings (SSSR count). The lowest BCUT2D eigenvalue weighted by Crippen LogP contribution is -2.06. The van der Waals surface area contributed by atoms with Crippen LogP contribution in [0.1, 0.15) is 34.6 Å². The van der Waals surface area contributed by atoms with Gasteiger partial charge in [-0.3, -0.25) is 0 Å². The van der Waals surface area contributed by atoms with Gasteiger partial charge >= 0.3 is 11.9 Å². The largest absolute Gasteiger partial charge is 0.462 e. The molecule has 0 aliphatic heterocycles. The summed E-state index contributed by atoms with van der Waals surface area (Å²) in [7, 11) is -3.28. The van der Waals surface area contributed by atoms with Crippen LogP contribution in [0.15, 0.2) is 58.3 Å². The number of carbonyl (C=O) groups is 2. The standard InChI is InChI=1S/C10H12O4S.C9H10O4S/c1-3-14-10(11)8-5-4-6-9(7-8)15(2,12)13;1-2-13-9(10)7-4-3-5-8(6-7)14(11)12/h4-7H,3H2,1-2H3;3-6H,2H2,1H3,(H,11,12). The number of sulfone groups is 1. The van der Waals surface area contributed by atoms with Gasteiger partial charge in [-0.1, -0.05) is 12.1 Å². The normalized spacial score (nSPS) is 11.6. The molecule has 1 N–H and O–H groups in total. The Morgan fingerprint density at radius 1 is 0.931 bits per heavy atom. The fourth-order valence-corrected chi connectivity index (χ4v) is 3.10. The van der Waals surface area contributed by atoms with Gasteiger partial charge in [0, 0.05) is 6.26 Å². The van der Waals surface area contributed by atoms with Gasteiger partial charge in [-0.15, -0.1) is 0 Å². The van der Waals surface area contributed by atoms with Crippen molar-refractivity contribution in [3.8, 4) is 0 Å². The summed E-state index contributed by atoms with van der Waals surface area (Å²) in [6.07, 6.45) is 1.09. The predicted molar refractivity (Wildman–Crippen MR) is 107 cm³/mol. The molecule has 158 valence electrons. The predicted octanol–water partition coefficient (Wildman–Crippen LogP) is 2.71. The van der Waals surface area contributed by atoms with Crippen LogP contribution in [-0.2, 0) is 30.4 Å². The maximum atomic E-state index is 11.3. The molecule has 0 aliphatic rings. The van der Waals surface area contributed by atoms with Gasteiger partial charge in [0.05, 0.1) is 34.1 Å². The summed E-state index contributed by atoms with van der Waals surface area (Å²) in [5.74, 6) is -0.997. The number of hydrogen-bond donors (Lipinski definition) is 1. The molecule has 0 bridgehead atoms. The van der Waals surface area contributed by atoms with E-state index in [-0.39, 0.29) is 34.1 Å². The summed E-state index contributed by atoms with van der Waals surface area (Å²) in [5.41, 5.74) is 0.534. The number of ether oxygens (including phenoxy) is 2. The molecule has 29 heavy (non-hydrogen) atoms. The Morgan fingerprint density at radius 2 is 1.41 bits per heavy atom. The topological polar surface area (TPSA) is 124 Å². The highest BCUT2D eigenvalue weighted by Crippen LogP contribution is 2.12. The Labute approximate surface area is 172 Å². The number of esters is 2. The summed E-state index contributed by atoms with van der Waals surface area (Å²) in [4.78, 5) is 22.8. The second kappa shape index (κ2) is 11.4. The third-order valence-corrected chi connectivity index (χ3v) is 5.09. The SMILES string of the molecule is CCOC(=O)c1cccc(S(=O)O)c1.CCOC(=O)c1cccc(S(C)(=O)=O)c1. The van der Waals surface area contributed by atoms with Crippen molar-refractivity contribution in [2.45, 2.75) is 23.6 Å². The highest BCUT2D eigenvalue weighted by Gasteiger charge is 2.12. The number of hydrogen-bond acceptors (Lipinski definition) is 7. The van der Waals surface area contributed by atoms with Crippen molar-refractivity contribution >= 4 is 32.9 Å².